The van der Waals surface area contributed by atoms with Crippen LogP contribution in [-0.4, -0.2) is 11.4 Å². The predicted octanol–water partition coefficient (Wildman–Crippen LogP) is 3.79. The van der Waals surface area contributed by atoms with E-state index in [0.717, 1.165) is 25.7 Å². The maximum atomic E-state index is 13.4. The standard InChI is InChI=1S/C14H16ClFN2O/c1-8-3-2-4-14(7-8)13(19)17-11-6-10(16)9(15)5-12(11)18-14/h5-6,8,18H,2-4,7H2,1H3,(H,17,19). The Hall–Kier alpha value is -1.29. The summed E-state index contributed by atoms with van der Waals surface area (Å²) in [6, 6.07) is 2.81. The third kappa shape index (κ3) is 2.08. The van der Waals surface area contributed by atoms with Crippen molar-refractivity contribution in [3.05, 3.63) is 23.0 Å². The molecule has 3 rings (SSSR count). The number of carbonyl (C=O) groups is 1. The number of amides is 1. The minimum Gasteiger partial charge on any atom is -0.369 e. The summed E-state index contributed by atoms with van der Waals surface area (Å²) in [5.74, 6) is -0.0757. The van der Waals surface area contributed by atoms with Crippen molar-refractivity contribution >= 4 is 28.9 Å². The van der Waals surface area contributed by atoms with Crippen LogP contribution in [0.1, 0.15) is 32.6 Å². The van der Waals surface area contributed by atoms with E-state index in [9.17, 15) is 9.18 Å². The molecule has 1 aromatic carbocycles. The minimum absolute atomic E-state index is 0.0618. The van der Waals surface area contributed by atoms with Gasteiger partial charge in [-0.25, -0.2) is 4.39 Å². The van der Waals surface area contributed by atoms with Crippen molar-refractivity contribution in [2.75, 3.05) is 10.6 Å². The van der Waals surface area contributed by atoms with Gasteiger partial charge >= 0.3 is 0 Å². The molecule has 1 fully saturated rings. The zero-order valence-electron chi connectivity index (χ0n) is 10.7. The number of benzene rings is 1. The first-order valence-electron chi connectivity index (χ1n) is 6.59. The summed E-state index contributed by atoms with van der Waals surface area (Å²) in [6.45, 7) is 2.16. The lowest BCUT2D eigenvalue weighted by Crippen LogP contribution is -2.54. The van der Waals surface area contributed by atoms with E-state index in [0.29, 0.717) is 17.3 Å². The molecule has 0 aromatic heterocycles. The van der Waals surface area contributed by atoms with E-state index in [-0.39, 0.29) is 10.9 Å². The topological polar surface area (TPSA) is 41.1 Å². The fraction of sp³-hybridized carbons (Fsp3) is 0.500. The summed E-state index contributed by atoms with van der Waals surface area (Å²) >= 11 is 5.81. The fourth-order valence-corrected chi connectivity index (χ4v) is 3.34. The Morgan fingerprint density at radius 3 is 2.95 bits per heavy atom. The Kier molecular flexibility index (Phi) is 2.93. The van der Waals surface area contributed by atoms with E-state index in [1.165, 1.54) is 6.07 Å². The second-order valence-corrected chi connectivity index (χ2v) is 6.08. The average molecular weight is 283 g/mol. The van der Waals surface area contributed by atoms with Gasteiger partial charge in [0.15, 0.2) is 0 Å². The predicted molar refractivity (Wildman–Crippen MR) is 74.0 cm³/mol. The van der Waals surface area contributed by atoms with E-state index < -0.39 is 11.4 Å². The minimum atomic E-state index is -0.564. The number of hydrogen-bond donors (Lipinski definition) is 2. The molecule has 2 aliphatic rings. The monoisotopic (exact) mass is 282 g/mol. The molecule has 1 spiro atoms. The van der Waals surface area contributed by atoms with E-state index in [1.807, 2.05) is 0 Å². The molecule has 1 amide bonds. The lowest BCUT2D eigenvalue weighted by atomic mass is 9.74. The highest BCUT2D eigenvalue weighted by atomic mass is 35.5. The van der Waals surface area contributed by atoms with Gasteiger partial charge in [0.2, 0.25) is 5.91 Å². The zero-order valence-corrected chi connectivity index (χ0v) is 11.5. The van der Waals surface area contributed by atoms with Gasteiger partial charge in [0.05, 0.1) is 16.4 Å². The Bertz CT molecular complexity index is 548. The van der Waals surface area contributed by atoms with Crippen molar-refractivity contribution in [3.63, 3.8) is 0 Å². The van der Waals surface area contributed by atoms with Crippen molar-refractivity contribution < 1.29 is 9.18 Å². The summed E-state index contributed by atoms with van der Waals surface area (Å²) in [5, 5.41) is 6.18. The molecule has 0 bridgehead atoms. The van der Waals surface area contributed by atoms with Gasteiger partial charge in [-0.05, 0) is 24.8 Å². The summed E-state index contributed by atoms with van der Waals surface area (Å²) in [4.78, 5) is 12.3. The smallest absolute Gasteiger partial charge is 0.250 e. The quantitative estimate of drug-likeness (QED) is 0.760. The normalized spacial score (nSPS) is 29.6. The van der Waals surface area contributed by atoms with Crippen LogP contribution in [0, 0.1) is 11.7 Å². The number of hydrogen-bond acceptors (Lipinski definition) is 2. The molecule has 2 atom stereocenters. The number of fused-ring (bicyclic) bond motifs is 1. The van der Waals surface area contributed by atoms with Gasteiger partial charge in [0.1, 0.15) is 11.4 Å². The highest BCUT2D eigenvalue weighted by molar-refractivity contribution is 6.31. The highest BCUT2D eigenvalue weighted by Crippen LogP contribution is 2.42. The van der Waals surface area contributed by atoms with Crippen molar-refractivity contribution in [2.45, 2.75) is 38.1 Å². The van der Waals surface area contributed by atoms with Crippen LogP contribution in [0.15, 0.2) is 12.1 Å². The summed E-state index contributed by atoms with van der Waals surface area (Å²) in [5.41, 5.74) is 0.613. The third-order valence-electron chi connectivity index (χ3n) is 4.11. The average Bonchev–Trinajstić information content (AvgIpc) is 2.34. The maximum Gasteiger partial charge on any atom is 0.250 e. The highest BCUT2D eigenvalue weighted by Gasteiger charge is 2.44. The Morgan fingerprint density at radius 2 is 2.21 bits per heavy atom. The molecule has 102 valence electrons. The molecule has 1 aliphatic heterocycles. The van der Waals surface area contributed by atoms with Gasteiger partial charge < -0.3 is 10.6 Å². The Morgan fingerprint density at radius 1 is 1.42 bits per heavy atom. The first kappa shape index (κ1) is 12.7. The molecule has 19 heavy (non-hydrogen) atoms. The Labute approximate surface area is 116 Å². The van der Waals surface area contributed by atoms with E-state index in [4.69, 9.17) is 11.6 Å². The molecule has 5 heteroatoms. The van der Waals surface area contributed by atoms with Crippen LogP contribution < -0.4 is 10.6 Å². The molecule has 1 aromatic rings. The van der Waals surface area contributed by atoms with E-state index in [2.05, 4.69) is 17.6 Å². The molecule has 2 unspecified atom stereocenters. The number of rotatable bonds is 0. The zero-order chi connectivity index (χ0) is 13.6. The second-order valence-electron chi connectivity index (χ2n) is 5.67. The fourth-order valence-electron chi connectivity index (χ4n) is 3.18. The van der Waals surface area contributed by atoms with Crippen LogP contribution in [0.2, 0.25) is 5.02 Å². The first-order chi connectivity index (χ1) is 9.00. The van der Waals surface area contributed by atoms with Crippen LogP contribution in [0.5, 0.6) is 0 Å². The van der Waals surface area contributed by atoms with Gasteiger partial charge in [0.25, 0.3) is 0 Å². The summed E-state index contributed by atoms with van der Waals surface area (Å²) < 4.78 is 13.4. The maximum absolute atomic E-state index is 13.4. The lowest BCUT2D eigenvalue weighted by Gasteiger charge is -2.43. The Balaban J connectivity index is 1.99. The lowest BCUT2D eigenvalue weighted by molar-refractivity contribution is -0.122. The molecular weight excluding hydrogens is 267 g/mol. The van der Waals surface area contributed by atoms with Crippen molar-refractivity contribution in [2.24, 2.45) is 5.92 Å². The van der Waals surface area contributed by atoms with Crippen molar-refractivity contribution in [1.29, 1.82) is 0 Å². The van der Waals surface area contributed by atoms with Gasteiger partial charge in [-0.15, -0.1) is 0 Å². The number of halogens is 2. The van der Waals surface area contributed by atoms with Crippen molar-refractivity contribution in [3.8, 4) is 0 Å². The van der Waals surface area contributed by atoms with Gasteiger partial charge in [-0.1, -0.05) is 31.4 Å². The van der Waals surface area contributed by atoms with Crippen LogP contribution in [0.3, 0.4) is 0 Å². The second kappa shape index (κ2) is 4.37. The van der Waals surface area contributed by atoms with Gasteiger partial charge in [-0.3, -0.25) is 4.79 Å². The van der Waals surface area contributed by atoms with Crippen LogP contribution in [0.4, 0.5) is 15.8 Å². The molecule has 1 heterocycles. The first-order valence-corrected chi connectivity index (χ1v) is 6.97. The molecule has 1 saturated carbocycles. The van der Waals surface area contributed by atoms with E-state index >= 15 is 0 Å². The molecule has 1 aliphatic carbocycles. The number of anilines is 2. The summed E-state index contributed by atoms with van der Waals surface area (Å²) in [6.07, 6.45) is 3.77. The molecular formula is C14H16ClFN2O. The molecule has 0 saturated heterocycles. The number of carbonyl (C=O) groups excluding carboxylic acids is 1. The van der Waals surface area contributed by atoms with Gasteiger partial charge in [0, 0.05) is 6.07 Å². The van der Waals surface area contributed by atoms with E-state index in [1.54, 1.807) is 6.07 Å². The SMILES string of the molecule is CC1CCCC2(C1)Nc1cc(Cl)c(F)cc1NC2=O. The molecule has 2 N–H and O–H groups in total. The molecule has 0 radical (unpaired) electrons. The number of nitrogens with one attached hydrogen (secondary N) is 2. The summed E-state index contributed by atoms with van der Waals surface area (Å²) in [7, 11) is 0. The van der Waals surface area contributed by atoms with Crippen LogP contribution >= 0.6 is 11.6 Å². The van der Waals surface area contributed by atoms with Crippen LogP contribution in [0.25, 0.3) is 0 Å². The third-order valence-corrected chi connectivity index (χ3v) is 4.40. The van der Waals surface area contributed by atoms with Gasteiger partial charge in [-0.2, -0.15) is 0 Å². The van der Waals surface area contributed by atoms with Crippen molar-refractivity contribution in [1.82, 2.24) is 0 Å². The molecule has 3 nitrogen and oxygen atoms in total. The largest absolute Gasteiger partial charge is 0.369 e. The van der Waals surface area contributed by atoms with Crippen LogP contribution in [-0.2, 0) is 4.79 Å².